The zero-order valence-electron chi connectivity index (χ0n) is 17.1. The van der Waals surface area contributed by atoms with Crippen molar-refractivity contribution in [2.75, 3.05) is 6.61 Å². The molecule has 0 bridgehead atoms. The summed E-state index contributed by atoms with van der Waals surface area (Å²) in [6.45, 7) is 2.74. The van der Waals surface area contributed by atoms with E-state index in [-0.39, 0.29) is 5.56 Å². The van der Waals surface area contributed by atoms with Gasteiger partial charge < -0.3 is 9.15 Å². The first kappa shape index (κ1) is 20.7. The summed E-state index contributed by atoms with van der Waals surface area (Å²) in [5.41, 5.74) is 1.58. The van der Waals surface area contributed by atoms with Crippen molar-refractivity contribution >= 4 is 38.3 Å². The number of thiazole rings is 1. The van der Waals surface area contributed by atoms with Gasteiger partial charge in [0.2, 0.25) is 4.96 Å². The maximum Gasteiger partial charge on any atom is 0.291 e. The maximum atomic E-state index is 12.8. The quantitative estimate of drug-likeness (QED) is 0.316. The number of halogens is 1. The fourth-order valence-corrected chi connectivity index (χ4v) is 4.52. The zero-order valence-corrected chi connectivity index (χ0v) is 19.5. The highest BCUT2D eigenvalue weighted by molar-refractivity contribution is 9.10. The minimum absolute atomic E-state index is 0.216. The molecular formula is C24H18BrN3O3S. The molecule has 160 valence electrons. The summed E-state index contributed by atoms with van der Waals surface area (Å²) >= 11 is 4.75. The lowest BCUT2D eigenvalue weighted by molar-refractivity contribution is 0.317. The zero-order chi connectivity index (χ0) is 22.1. The lowest BCUT2D eigenvalue weighted by Crippen LogP contribution is -2.23. The van der Waals surface area contributed by atoms with Crippen LogP contribution in [0, 0.1) is 0 Å². The van der Waals surface area contributed by atoms with Crippen LogP contribution in [-0.2, 0) is 0 Å². The number of benzene rings is 2. The first-order valence-corrected chi connectivity index (χ1v) is 11.7. The van der Waals surface area contributed by atoms with Gasteiger partial charge >= 0.3 is 0 Å². The molecule has 0 saturated heterocycles. The summed E-state index contributed by atoms with van der Waals surface area (Å²) in [5.74, 6) is 2.65. The molecule has 5 rings (SSSR count). The van der Waals surface area contributed by atoms with E-state index in [1.54, 1.807) is 6.08 Å². The number of hydrogen-bond donors (Lipinski definition) is 0. The summed E-state index contributed by atoms with van der Waals surface area (Å²) in [6, 6.07) is 19.2. The molecule has 0 aliphatic rings. The van der Waals surface area contributed by atoms with Crippen LogP contribution in [0.4, 0.5) is 0 Å². The van der Waals surface area contributed by atoms with Crippen LogP contribution < -0.4 is 14.8 Å². The predicted octanol–water partition coefficient (Wildman–Crippen LogP) is 5.18. The van der Waals surface area contributed by atoms with Crippen LogP contribution in [0.3, 0.4) is 0 Å². The second kappa shape index (κ2) is 8.72. The van der Waals surface area contributed by atoms with Crippen molar-refractivity contribution in [3.05, 3.63) is 85.8 Å². The van der Waals surface area contributed by atoms with Crippen molar-refractivity contribution < 1.29 is 9.15 Å². The largest absolute Gasteiger partial charge is 0.494 e. The molecule has 3 aromatic heterocycles. The number of rotatable bonds is 6. The fourth-order valence-electron chi connectivity index (χ4n) is 3.23. The molecule has 0 N–H and O–H groups in total. The van der Waals surface area contributed by atoms with Gasteiger partial charge in [-0.25, -0.2) is 0 Å². The Balaban J connectivity index is 1.43. The summed E-state index contributed by atoms with van der Waals surface area (Å²) in [4.78, 5) is 17.9. The Morgan fingerprint density at radius 2 is 1.97 bits per heavy atom. The van der Waals surface area contributed by atoms with Gasteiger partial charge in [0.25, 0.3) is 5.56 Å². The van der Waals surface area contributed by atoms with E-state index >= 15 is 0 Å². The van der Waals surface area contributed by atoms with E-state index < -0.39 is 0 Å². The van der Waals surface area contributed by atoms with Crippen LogP contribution in [0.15, 0.2) is 74.3 Å². The number of ether oxygens (including phenoxy) is 1. The molecule has 6 nitrogen and oxygen atoms in total. The van der Waals surface area contributed by atoms with E-state index in [1.165, 1.54) is 15.9 Å². The number of hydrogen-bond acceptors (Lipinski definition) is 6. The Bertz CT molecular complexity index is 1500. The summed E-state index contributed by atoms with van der Waals surface area (Å²) in [5, 5.41) is 4.41. The molecule has 0 atom stereocenters. The predicted molar refractivity (Wildman–Crippen MR) is 129 cm³/mol. The van der Waals surface area contributed by atoms with Gasteiger partial charge in [-0.1, -0.05) is 46.3 Å². The van der Waals surface area contributed by atoms with Gasteiger partial charge in [-0.05, 0) is 55.0 Å². The summed E-state index contributed by atoms with van der Waals surface area (Å²) in [7, 11) is 0. The normalized spacial score (nSPS) is 12.0. The molecule has 0 amide bonds. The average molecular weight is 508 g/mol. The van der Waals surface area contributed by atoms with Crippen molar-refractivity contribution in [3.8, 4) is 28.5 Å². The van der Waals surface area contributed by atoms with E-state index in [4.69, 9.17) is 9.15 Å². The van der Waals surface area contributed by atoms with Gasteiger partial charge in [0.1, 0.15) is 21.8 Å². The monoisotopic (exact) mass is 507 g/mol. The van der Waals surface area contributed by atoms with Gasteiger partial charge in [0.05, 0.1) is 6.61 Å². The maximum absolute atomic E-state index is 12.8. The van der Waals surface area contributed by atoms with Crippen LogP contribution in [-0.4, -0.2) is 21.2 Å². The fraction of sp³-hybridized carbons (Fsp3) is 0.125. The lowest BCUT2D eigenvalue weighted by Gasteiger charge is -2.04. The molecule has 32 heavy (non-hydrogen) atoms. The minimum Gasteiger partial charge on any atom is -0.494 e. The van der Waals surface area contributed by atoms with Crippen LogP contribution in [0.25, 0.3) is 33.7 Å². The number of nitrogens with zero attached hydrogens (tertiary/aromatic N) is 3. The molecule has 2 aromatic carbocycles. The molecular weight excluding hydrogens is 490 g/mol. The Hall–Kier alpha value is -3.23. The van der Waals surface area contributed by atoms with Gasteiger partial charge in [0.15, 0.2) is 5.82 Å². The second-order valence-electron chi connectivity index (χ2n) is 7.13. The average Bonchev–Trinajstić information content (AvgIpc) is 3.50. The van der Waals surface area contributed by atoms with E-state index in [1.807, 2.05) is 60.7 Å². The molecule has 0 radical (unpaired) electrons. The van der Waals surface area contributed by atoms with E-state index in [0.29, 0.717) is 27.7 Å². The number of fused-ring (bicyclic) bond motifs is 1. The molecule has 5 aromatic rings. The Kier molecular flexibility index (Phi) is 5.63. The van der Waals surface area contributed by atoms with Gasteiger partial charge in [-0.2, -0.15) is 9.50 Å². The van der Waals surface area contributed by atoms with Crippen molar-refractivity contribution in [2.45, 2.75) is 13.3 Å². The number of furan rings is 1. The molecule has 0 fully saturated rings. The van der Waals surface area contributed by atoms with E-state index in [2.05, 4.69) is 32.9 Å². The van der Waals surface area contributed by atoms with Crippen molar-refractivity contribution in [1.29, 1.82) is 0 Å². The molecule has 8 heteroatoms. The second-order valence-corrected chi connectivity index (χ2v) is 9.06. The third-order valence-corrected chi connectivity index (χ3v) is 6.23. The summed E-state index contributed by atoms with van der Waals surface area (Å²) < 4.78 is 14.4. The standard InChI is InChI=1S/C24H18BrN3O3S/c1-2-12-30-18-8-6-15(7-9-18)22-26-24-28(27-22)23(29)21(32-24)14-19-10-11-20(31-19)16-4-3-5-17(25)13-16/h3-11,13-14H,2,12H2,1H3/b21-14+. The summed E-state index contributed by atoms with van der Waals surface area (Å²) in [6.07, 6.45) is 2.68. The molecule has 3 heterocycles. The van der Waals surface area contributed by atoms with E-state index in [0.717, 1.165) is 33.5 Å². The topological polar surface area (TPSA) is 69.6 Å². The van der Waals surface area contributed by atoms with Crippen LogP contribution >= 0.6 is 27.3 Å². The van der Waals surface area contributed by atoms with Crippen molar-refractivity contribution in [1.82, 2.24) is 14.6 Å². The Morgan fingerprint density at radius 3 is 2.72 bits per heavy atom. The van der Waals surface area contributed by atoms with Crippen LogP contribution in [0.5, 0.6) is 5.75 Å². The van der Waals surface area contributed by atoms with Crippen molar-refractivity contribution in [3.63, 3.8) is 0 Å². The molecule has 0 spiro atoms. The number of aromatic nitrogens is 3. The molecule has 0 aliphatic carbocycles. The van der Waals surface area contributed by atoms with E-state index in [9.17, 15) is 4.79 Å². The molecule has 0 saturated carbocycles. The third-order valence-electron chi connectivity index (χ3n) is 4.78. The van der Waals surface area contributed by atoms with Gasteiger partial charge in [-0.3, -0.25) is 4.79 Å². The highest BCUT2D eigenvalue weighted by atomic mass is 79.9. The lowest BCUT2D eigenvalue weighted by atomic mass is 10.2. The smallest absolute Gasteiger partial charge is 0.291 e. The highest BCUT2D eigenvalue weighted by Gasteiger charge is 2.13. The Labute approximate surface area is 195 Å². The first-order valence-electron chi connectivity index (χ1n) is 10.1. The van der Waals surface area contributed by atoms with Crippen LogP contribution in [0.1, 0.15) is 19.1 Å². The third kappa shape index (κ3) is 4.11. The van der Waals surface area contributed by atoms with Gasteiger partial charge in [0, 0.05) is 21.7 Å². The Morgan fingerprint density at radius 1 is 1.12 bits per heavy atom. The van der Waals surface area contributed by atoms with Crippen molar-refractivity contribution in [2.24, 2.45) is 0 Å². The molecule has 0 aliphatic heterocycles. The van der Waals surface area contributed by atoms with Crippen LogP contribution in [0.2, 0.25) is 0 Å². The molecule has 0 unspecified atom stereocenters. The highest BCUT2D eigenvalue weighted by Crippen LogP contribution is 2.25. The minimum atomic E-state index is -0.216. The van der Waals surface area contributed by atoms with Gasteiger partial charge in [-0.15, -0.1) is 5.10 Å². The first-order chi connectivity index (χ1) is 15.6. The SMILES string of the molecule is CCCOc1ccc(-c2nc3s/c(=C/c4ccc(-c5cccc(Br)c5)o4)c(=O)n3n2)cc1.